The van der Waals surface area contributed by atoms with Crippen molar-refractivity contribution in [2.45, 2.75) is 37.7 Å². The van der Waals surface area contributed by atoms with Crippen LogP contribution in [0, 0.1) is 13.8 Å². The van der Waals surface area contributed by atoms with Crippen LogP contribution in [0.2, 0.25) is 5.02 Å². The van der Waals surface area contributed by atoms with E-state index in [1.165, 1.54) is 16.3 Å². The van der Waals surface area contributed by atoms with E-state index in [1.54, 1.807) is 24.3 Å². The van der Waals surface area contributed by atoms with E-state index in [0.29, 0.717) is 33.2 Å². The van der Waals surface area contributed by atoms with Crippen molar-refractivity contribution in [2.24, 2.45) is 0 Å². The van der Waals surface area contributed by atoms with Gasteiger partial charge in [-0.25, -0.2) is 4.98 Å². The summed E-state index contributed by atoms with van der Waals surface area (Å²) < 4.78 is 1.53. The van der Waals surface area contributed by atoms with E-state index in [2.05, 4.69) is 11.6 Å². The van der Waals surface area contributed by atoms with Crippen LogP contribution in [0.25, 0.3) is 10.9 Å². The molecule has 0 aliphatic carbocycles. The fraction of sp³-hybridized carbons (Fsp3) is 0.227. The van der Waals surface area contributed by atoms with Gasteiger partial charge in [0.1, 0.15) is 0 Å². The van der Waals surface area contributed by atoms with Crippen LogP contribution in [-0.4, -0.2) is 20.6 Å². The Balaban J connectivity index is 2.00. The summed E-state index contributed by atoms with van der Waals surface area (Å²) in [7, 11) is 0. The van der Waals surface area contributed by atoms with E-state index in [4.69, 9.17) is 11.6 Å². The molecule has 0 radical (unpaired) electrons. The van der Waals surface area contributed by atoms with Gasteiger partial charge in [-0.3, -0.25) is 14.2 Å². The molecule has 3 aromatic rings. The Bertz CT molecular complexity index is 1140. The standard InChI is InChI=1S/C22H21ClN2O2S/c1-5-10-25-21(27)18-12-17(23)8-9-19(18)24-22(25)28-15(4)20(26)16-7-6-13(2)14(3)11-16/h5-9,11-12,15H,1,10H2,2-4H3/t15-/m1/s1. The van der Waals surface area contributed by atoms with E-state index in [0.717, 1.165) is 11.1 Å². The first kappa shape index (κ1) is 20.4. The maximum Gasteiger partial charge on any atom is 0.262 e. The first-order valence-electron chi connectivity index (χ1n) is 8.91. The molecule has 3 rings (SSSR count). The second-order valence-electron chi connectivity index (χ2n) is 6.68. The number of rotatable bonds is 6. The molecule has 0 amide bonds. The van der Waals surface area contributed by atoms with E-state index in [9.17, 15) is 9.59 Å². The fourth-order valence-electron chi connectivity index (χ4n) is 2.89. The average molecular weight is 413 g/mol. The van der Waals surface area contributed by atoms with Crippen LogP contribution in [0.4, 0.5) is 0 Å². The zero-order chi connectivity index (χ0) is 20.4. The highest BCUT2D eigenvalue weighted by atomic mass is 35.5. The summed E-state index contributed by atoms with van der Waals surface area (Å²) >= 11 is 7.31. The van der Waals surface area contributed by atoms with Crippen molar-refractivity contribution < 1.29 is 4.79 Å². The van der Waals surface area contributed by atoms with Gasteiger partial charge in [0.25, 0.3) is 5.56 Å². The third kappa shape index (κ3) is 4.05. The molecule has 0 saturated carbocycles. The molecule has 1 atom stereocenters. The number of allylic oxidation sites excluding steroid dienone is 1. The average Bonchev–Trinajstić information content (AvgIpc) is 2.67. The Kier molecular flexibility index (Phi) is 6.06. The van der Waals surface area contributed by atoms with E-state index in [1.807, 2.05) is 39.0 Å². The summed E-state index contributed by atoms with van der Waals surface area (Å²) in [6, 6.07) is 10.7. The fourth-order valence-corrected chi connectivity index (χ4v) is 4.06. The molecule has 0 bridgehead atoms. The van der Waals surface area contributed by atoms with Crippen molar-refractivity contribution >= 4 is 40.0 Å². The molecule has 0 spiro atoms. The van der Waals surface area contributed by atoms with Crippen molar-refractivity contribution in [1.82, 2.24) is 9.55 Å². The Morgan fingerprint density at radius 1 is 1.25 bits per heavy atom. The Hall–Kier alpha value is -2.37. The number of aromatic nitrogens is 2. The molecule has 6 heteroatoms. The van der Waals surface area contributed by atoms with Gasteiger partial charge >= 0.3 is 0 Å². The second-order valence-corrected chi connectivity index (χ2v) is 8.43. The Morgan fingerprint density at radius 2 is 2.00 bits per heavy atom. The van der Waals surface area contributed by atoms with Crippen LogP contribution in [-0.2, 0) is 6.54 Å². The van der Waals surface area contributed by atoms with Crippen LogP contribution < -0.4 is 5.56 Å². The number of aryl methyl sites for hydroxylation is 2. The minimum absolute atomic E-state index is 0.00343. The van der Waals surface area contributed by atoms with E-state index in [-0.39, 0.29) is 11.3 Å². The number of hydrogen-bond acceptors (Lipinski definition) is 4. The van der Waals surface area contributed by atoms with Gasteiger partial charge < -0.3 is 0 Å². The number of ketones is 1. The molecular weight excluding hydrogens is 392 g/mol. The summed E-state index contributed by atoms with van der Waals surface area (Å²) in [5, 5.41) is 1.03. The number of halogens is 1. The number of hydrogen-bond donors (Lipinski definition) is 0. The third-order valence-corrected chi connectivity index (χ3v) is 5.96. The highest BCUT2D eigenvalue weighted by molar-refractivity contribution is 8.00. The summed E-state index contributed by atoms with van der Waals surface area (Å²) in [5.41, 5.74) is 3.25. The molecule has 1 aromatic heterocycles. The SMILES string of the molecule is C=CCn1c(S[C@H](C)C(=O)c2ccc(C)c(C)c2)nc2ccc(Cl)cc2c1=O. The quantitative estimate of drug-likeness (QED) is 0.241. The molecule has 1 heterocycles. The second kappa shape index (κ2) is 8.33. The van der Waals surface area contributed by atoms with Crippen molar-refractivity contribution in [2.75, 3.05) is 0 Å². The Labute approximate surface area is 173 Å². The maximum atomic E-state index is 12.9. The molecule has 144 valence electrons. The van der Waals surface area contributed by atoms with Gasteiger partial charge in [-0.2, -0.15) is 0 Å². The molecule has 0 unspecified atom stereocenters. The van der Waals surface area contributed by atoms with Gasteiger partial charge in [0.15, 0.2) is 10.9 Å². The minimum atomic E-state index is -0.394. The maximum absolute atomic E-state index is 12.9. The summed E-state index contributed by atoms with van der Waals surface area (Å²) in [6.45, 7) is 9.87. The van der Waals surface area contributed by atoms with Gasteiger partial charge in [-0.05, 0) is 56.2 Å². The third-order valence-electron chi connectivity index (χ3n) is 4.64. The molecule has 28 heavy (non-hydrogen) atoms. The van der Waals surface area contributed by atoms with Crippen molar-refractivity contribution in [3.63, 3.8) is 0 Å². The van der Waals surface area contributed by atoms with Crippen LogP contribution in [0.5, 0.6) is 0 Å². The minimum Gasteiger partial charge on any atom is -0.293 e. The monoisotopic (exact) mass is 412 g/mol. The zero-order valence-corrected chi connectivity index (χ0v) is 17.6. The Morgan fingerprint density at radius 3 is 2.68 bits per heavy atom. The lowest BCUT2D eigenvalue weighted by Crippen LogP contribution is -2.24. The lowest BCUT2D eigenvalue weighted by molar-refractivity contribution is 0.0993. The van der Waals surface area contributed by atoms with Crippen LogP contribution >= 0.6 is 23.4 Å². The molecule has 0 aliphatic heterocycles. The number of carbonyl (C=O) groups is 1. The molecule has 0 aliphatic rings. The molecule has 2 aromatic carbocycles. The first-order valence-corrected chi connectivity index (χ1v) is 10.2. The number of carbonyl (C=O) groups excluding carboxylic acids is 1. The van der Waals surface area contributed by atoms with Crippen molar-refractivity contribution in [3.8, 4) is 0 Å². The lowest BCUT2D eigenvalue weighted by atomic mass is 10.0. The van der Waals surface area contributed by atoms with Crippen LogP contribution in [0.15, 0.2) is 59.0 Å². The molecule has 0 saturated heterocycles. The number of benzene rings is 2. The predicted octanol–water partition coefficient (Wildman–Crippen LogP) is 5.22. The topological polar surface area (TPSA) is 52.0 Å². The summed E-state index contributed by atoms with van der Waals surface area (Å²) in [5.74, 6) is 0.00343. The van der Waals surface area contributed by atoms with Crippen LogP contribution in [0.1, 0.15) is 28.4 Å². The van der Waals surface area contributed by atoms with Crippen molar-refractivity contribution in [1.29, 1.82) is 0 Å². The first-order chi connectivity index (χ1) is 13.3. The van der Waals surface area contributed by atoms with E-state index < -0.39 is 5.25 Å². The van der Waals surface area contributed by atoms with Crippen molar-refractivity contribution in [3.05, 3.63) is 81.1 Å². The highest BCUT2D eigenvalue weighted by Crippen LogP contribution is 2.26. The largest absolute Gasteiger partial charge is 0.293 e. The van der Waals surface area contributed by atoms with Gasteiger partial charge in [-0.1, -0.05) is 41.6 Å². The molecule has 0 fully saturated rings. The van der Waals surface area contributed by atoms with Gasteiger partial charge in [0.05, 0.1) is 16.2 Å². The number of thioether (sulfide) groups is 1. The summed E-state index contributed by atoms with van der Waals surface area (Å²) in [4.78, 5) is 30.4. The molecule has 0 N–H and O–H groups in total. The highest BCUT2D eigenvalue weighted by Gasteiger charge is 2.21. The van der Waals surface area contributed by atoms with Gasteiger partial charge in [0, 0.05) is 17.1 Å². The number of fused-ring (bicyclic) bond motifs is 1. The van der Waals surface area contributed by atoms with E-state index >= 15 is 0 Å². The van der Waals surface area contributed by atoms with Crippen LogP contribution in [0.3, 0.4) is 0 Å². The molecular formula is C22H21ClN2O2S. The van der Waals surface area contributed by atoms with Gasteiger partial charge in [-0.15, -0.1) is 6.58 Å². The molecule has 4 nitrogen and oxygen atoms in total. The predicted molar refractivity (Wildman–Crippen MR) is 117 cm³/mol. The summed E-state index contributed by atoms with van der Waals surface area (Å²) in [6.07, 6.45) is 1.64. The smallest absolute Gasteiger partial charge is 0.262 e. The van der Waals surface area contributed by atoms with Gasteiger partial charge in [0.2, 0.25) is 0 Å². The zero-order valence-electron chi connectivity index (χ0n) is 16.0. The lowest BCUT2D eigenvalue weighted by Gasteiger charge is -2.15. The normalized spacial score (nSPS) is 12.1. The number of Topliss-reactive ketones (excluding diaryl/α,β-unsaturated/α-hetero) is 1. The number of nitrogens with zero attached hydrogens (tertiary/aromatic N) is 2.